The molecule has 0 bridgehead atoms. The van der Waals surface area contributed by atoms with Crippen molar-refractivity contribution >= 4 is 44.7 Å². The second kappa shape index (κ2) is 6.40. The number of hydrogen-bond donors (Lipinski definition) is 1. The van der Waals surface area contributed by atoms with Gasteiger partial charge < -0.3 is 10.0 Å². The molecule has 0 aliphatic heterocycles. The molecule has 2 aromatic rings. The number of thiazole rings is 1. The summed E-state index contributed by atoms with van der Waals surface area (Å²) in [5.74, 6) is -2.82. The Kier molecular flexibility index (Phi) is 4.79. The number of aromatic nitrogens is 1. The van der Waals surface area contributed by atoms with Crippen molar-refractivity contribution in [2.75, 3.05) is 13.6 Å². The number of likely N-dealkylation sites (N-methyl/N-ethyl adjacent to an activating group) is 1. The Bertz CT molecular complexity index is 703. The van der Waals surface area contributed by atoms with Gasteiger partial charge in [0.2, 0.25) is 0 Å². The monoisotopic (exact) mass is 330 g/mol. The van der Waals surface area contributed by atoms with E-state index in [-0.39, 0.29) is 12.1 Å². The van der Waals surface area contributed by atoms with Gasteiger partial charge in [-0.2, -0.15) is 0 Å². The van der Waals surface area contributed by atoms with Gasteiger partial charge in [0.25, 0.3) is 0 Å². The SMILES string of the molecule is CN(CC(=O)O)C(=S)CCc1nc2c(F)c(F)ccc2s1. The maximum Gasteiger partial charge on any atom is 0.323 e. The van der Waals surface area contributed by atoms with Crippen LogP contribution in [0.5, 0.6) is 0 Å². The number of thiocarbonyl (C=S) groups is 1. The van der Waals surface area contributed by atoms with Crippen molar-refractivity contribution in [2.45, 2.75) is 12.8 Å². The summed E-state index contributed by atoms with van der Waals surface area (Å²) in [5.41, 5.74) is 0.0276. The summed E-state index contributed by atoms with van der Waals surface area (Å²) >= 11 is 6.40. The zero-order chi connectivity index (χ0) is 15.6. The topological polar surface area (TPSA) is 53.4 Å². The molecule has 0 radical (unpaired) electrons. The van der Waals surface area contributed by atoms with Gasteiger partial charge in [0, 0.05) is 19.9 Å². The van der Waals surface area contributed by atoms with Gasteiger partial charge in [-0.15, -0.1) is 11.3 Å². The van der Waals surface area contributed by atoms with Crippen LogP contribution in [0.15, 0.2) is 12.1 Å². The lowest BCUT2D eigenvalue weighted by Crippen LogP contribution is -2.30. The summed E-state index contributed by atoms with van der Waals surface area (Å²) in [6.45, 7) is -0.168. The Balaban J connectivity index is 2.05. The van der Waals surface area contributed by atoms with Crippen LogP contribution in [0.3, 0.4) is 0 Å². The highest BCUT2D eigenvalue weighted by Crippen LogP contribution is 2.26. The number of carbonyl (C=O) groups is 1. The Morgan fingerprint density at radius 2 is 2.19 bits per heavy atom. The van der Waals surface area contributed by atoms with Gasteiger partial charge in [-0.1, -0.05) is 12.2 Å². The number of carboxylic acid groups (broad SMARTS) is 1. The first-order valence-electron chi connectivity index (χ1n) is 6.07. The maximum absolute atomic E-state index is 13.6. The van der Waals surface area contributed by atoms with Gasteiger partial charge in [0.15, 0.2) is 11.6 Å². The number of benzene rings is 1. The van der Waals surface area contributed by atoms with Crippen LogP contribution >= 0.6 is 23.6 Å². The first-order chi connectivity index (χ1) is 9.88. The van der Waals surface area contributed by atoms with E-state index >= 15 is 0 Å². The highest BCUT2D eigenvalue weighted by atomic mass is 32.1. The van der Waals surface area contributed by atoms with E-state index in [2.05, 4.69) is 4.98 Å². The van der Waals surface area contributed by atoms with Crippen molar-refractivity contribution < 1.29 is 18.7 Å². The zero-order valence-electron chi connectivity index (χ0n) is 11.1. The predicted octanol–water partition coefficient (Wildman–Crippen LogP) is 2.85. The molecule has 0 saturated heterocycles. The third-order valence-electron chi connectivity index (χ3n) is 2.85. The standard InChI is InChI=1S/C13H12F2N2O2S2/c1-17(6-11(18)19)10(20)5-4-9-16-13-8(21-9)3-2-7(14)12(13)15/h2-3H,4-6H2,1H3,(H,18,19). The molecule has 4 nitrogen and oxygen atoms in total. The van der Waals surface area contributed by atoms with Crippen molar-refractivity contribution in [2.24, 2.45) is 0 Å². The molecular weight excluding hydrogens is 318 g/mol. The molecule has 0 amide bonds. The van der Waals surface area contributed by atoms with Crippen LogP contribution in [0.25, 0.3) is 10.2 Å². The van der Waals surface area contributed by atoms with Crippen LogP contribution in [-0.4, -0.2) is 39.5 Å². The maximum atomic E-state index is 13.6. The molecule has 1 N–H and O–H groups in total. The molecular formula is C13H12F2N2O2S2. The normalized spacial score (nSPS) is 10.8. The lowest BCUT2D eigenvalue weighted by molar-refractivity contribution is -0.137. The van der Waals surface area contributed by atoms with Crippen LogP contribution in [-0.2, 0) is 11.2 Å². The number of aliphatic carboxylic acids is 1. The second-order valence-electron chi connectivity index (χ2n) is 4.46. The molecule has 8 heteroatoms. The molecule has 21 heavy (non-hydrogen) atoms. The molecule has 1 heterocycles. The predicted molar refractivity (Wildman–Crippen MR) is 80.7 cm³/mol. The van der Waals surface area contributed by atoms with E-state index < -0.39 is 17.6 Å². The third kappa shape index (κ3) is 3.70. The zero-order valence-corrected chi connectivity index (χ0v) is 12.7. The summed E-state index contributed by atoms with van der Waals surface area (Å²) in [4.78, 5) is 16.6. The minimum Gasteiger partial charge on any atom is -0.480 e. The Labute approximate surface area is 129 Å². The van der Waals surface area contributed by atoms with Crippen molar-refractivity contribution in [3.05, 3.63) is 28.8 Å². The van der Waals surface area contributed by atoms with Crippen molar-refractivity contribution in [3.63, 3.8) is 0 Å². The fourth-order valence-corrected chi connectivity index (χ4v) is 2.92. The molecule has 0 fully saturated rings. The van der Waals surface area contributed by atoms with E-state index in [0.29, 0.717) is 27.5 Å². The quantitative estimate of drug-likeness (QED) is 0.855. The van der Waals surface area contributed by atoms with Crippen LogP contribution in [0, 0.1) is 11.6 Å². The van der Waals surface area contributed by atoms with Crippen LogP contribution in [0.1, 0.15) is 11.4 Å². The molecule has 112 valence electrons. The molecule has 0 aliphatic rings. The number of rotatable bonds is 5. The van der Waals surface area contributed by atoms with Crippen LogP contribution in [0.2, 0.25) is 0 Å². The van der Waals surface area contributed by atoms with Gasteiger partial charge in [-0.25, -0.2) is 13.8 Å². The fourth-order valence-electron chi connectivity index (χ4n) is 1.79. The minimum absolute atomic E-state index is 0.0276. The van der Waals surface area contributed by atoms with Crippen LogP contribution < -0.4 is 0 Å². The van der Waals surface area contributed by atoms with E-state index in [9.17, 15) is 13.6 Å². The molecule has 0 unspecified atom stereocenters. The van der Waals surface area contributed by atoms with E-state index in [1.165, 1.54) is 22.3 Å². The van der Waals surface area contributed by atoms with Crippen molar-refractivity contribution in [3.8, 4) is 0 Å². The van der Waals surface area contributed by atoms with E-state index in [1.54, 1.807) is 7.05 Å². The van der Waals surface area contributed by atoms with Crippen molar-refractivity contribution in [1.82, 2.24) is 9.88 Å². The summed E-state index contributed by atoms with van der Waals surface area (Å²) in [7, 11) is 1.60. The number of nitrogens with zero attached hydrogens (tertiary/aromatic N) is 2. The first-order valence-corrected chi connectivity index (χ1v) is 7.30. The highest BCUT2D eigenvalue weighted by molar-refractivity contribution is 7.80. The number of fused-ring (bicyclic) bond motifs is 1. The second-order valence-corrected chi connectivity index (χ2v) is 6.05. The first kappa shape index (κ1) is 15.7. The van der Waals surface area contributed by atoms with Gasteiger partial charge in [-0.05, 0) is 12.1 Å². The molecule has 1 aromatic carbocycles. The summed E-state index contributed by atoms with van der Waals surface area (Å²) in [5, 5.41) is 9.32. The van der Waals surface area contributed by atoms with Gasteiger partial charge in [0.1, 0.15) is 12.1 Å². The molecule has 0 saturated carbocycles. The lowest BCUT2D eigenvalue weighted by atomic mass is 10.3. The minimum atomic E-state index is -0.961. The molecule has 0 aliphatic carbocycles. The Morgan fingerprint density at radius 1 is 1.48 bits per heavy atom. The summed E-state index contributed by atoms with van der Waals surface area (Å²) in [6, 6.07) is 2.56. The van der Waals surface area contributed by atoms with Gasteiger partial charge in [0.05, 0.1) is 14.7 Å². The number of aryl methyl sites for hydroxylation is 1. The lowest BCUT2D eigenvalue weighted by Gasteiger charge is -2.16. The van der Waals surface area contributed by atoms with Gasteiger partial charge >= 0.3 is 5.97 Å². The van der Waals surface area contributed by atoms with Crippen molar-refractivity contribution in [1.29, 1.82) is 0 Å². The van der Waals surface area contributed by atoms with E-state index in [4.69, 9.17) is 17.3 Å². The fraction of sp³-hybridized carbons (Fsp3) is 0.308. The average Bonchev–Trinajstić information content (AvgIpc) is 2.83. The Morgan fingerprint density at radius 3 is 2.86 bits per heavy atom. The number of carboxylic acids is 1. The Hall–Kier alpha value is -1.67. The van der Waals surface area contributed by atoms with Gasteiger partial charge in [-0.3, -0.25) is 4.79 Å². The summed E-state index contributed by atoms with van der Waals surface area (Å²) in [6.07, 6.45) is 0.895. The molecule has 1 aromatic heterocycles. The number of hydrogen-bond acceptors (Lipinski definition) is 4. The average molecular weight is 330 g/mol. The molecule has 2 rings (SSSR count). The molecule has 0 spiro atoms. The smallest absolute Gasteiger partial charge is 0.323 e. The van der Waals surface area contributed by atoms with E-state index in [0.717, 1.165) is 6.07 Å². The highest BCUT2D eigenvalue weighted by Gasteiger charge is 2.14. The largest absolute Gasteiger partial charge is 0.480 e. The third-order valence-corrected chi connectivity index (χ3v) is 4.44. The molecule has 0 atom stereocenters. The summed E-state index contributed by atoms with van der Waals surface area (Å²) < 4.78 is 27.2. The van der Waals surface area contributed by atoms with E-state index in [1.807, 2.05) is 0 Å². The van der Waals surface area contributed by atoms with Crippen LogP contribution in [0.4, 0.5) is 8.78 Å². The number of halogens is 2.